The van der Waals surface area contributed by atoms with Gasteiger partial charge >= 0.3 is 0 Å². The number of nitro benzene ring substituents is 1. The molecule has 1 aromatic carbocycles. The molecule has 1 amide bonds. The normalized spacial score (nSPS) is 18.2. The summed E-state index contributed by atoms with van der Waals surface area (Å²) in [4.78, 5) is 34.1. The minimum atomic E-state index is -0.397. The van der Waals surface area contributed by atoms with Gasteiger partial charge in [0, 0.05) is 57.9 Å². The van der Waals surface area contributed by atoms with Crippen LogP contribution in [0.25, 0.3) is 0 Å². The Hall–Kier alpha value is -2.72. The number of aliphatic imine (C=N–C) groups is 1. The van der Waals surface area contributed by atoms with Crippen molar-refractivity contribution in [1.29, 1.82) is 0 Å². The Morgan fingerprint density at radius 3 is 2.34 bits per heavy atom. The summed E-state index contributed by atoms with van der Waals surface area (Å²) in [6.45, 7) is 11.8. The molecule has 176 valence electrons. The summed E-state index contributed by atoms with van der Waals surface area (Å²) >= 11 is 0. The van der Waals surface area contributed by atoms with Gasteiger partial charge in [-0.2, -0.15) is 0 Å². The number of guanidine groups is 1. The largest absolute Gasteiger partial charge is 0.378 e. The molecule has 0 saturated carbocycles. The average molecular weight is 447 g/mol. The Balaban J connectivity index is 1.55. The highest BCUT2D eigenvalue weighted by Crippen LogP contribution is 2.13. The van der Waals surface area contributed by atoms with Gasteiger partial charge in [-0.1, -0.05) is 26.0 Å². The van der Waals surface area contributed by atoms with Gasteiger partial charge in [-0.25, -0.2) is 4.99 Å². The van der Waals surface area contributed by atoms with Crippen LogP contribution in [0.3, 0.4) is 0 Å². The summed E-state index contributed by atoms with van der Waals surface area (Å²) in [6, 6.07) is 6.51. The molecule has 32 heavy (non-hydrogen) atoms. The van der Waals surface area contributed by atoms with E-state index in [1.54, 1.807) is 12.1 Å². The molecule has 0 radical (unpaired) electrons. The van der Waals surface area contributed by atoms with E-state index in [-0.39, 0.29) is 11.6 Å². The zero-order valence-electron chi connectivity index (χ0n) is 19.0. The molecule has 2 heterocycles. The molecule has 2 fully saturated rings. The second-order valence-electron chi connectivity index (χ2n) is 8.59. The SMILES string of the molecule is CC(C)CNC(=NCc1ccc([N+](=O)[O-])cc1)N1CCN(CC(=O)N2CCOCC2)CC1. The van der Waals surface area contributed by atoms with E-state index in [2.05, 4.69) is 29.0 Å². The van der Waals surface area contributed by atoms with E-state index in [1.165, 1.54) is 12.1 Å². The van der Waals surface area contributed by atoms with Crippen molar-refractivity contribution < 1.29 is 14.5 Å². The monoisotopic (exact) mass is 446 g/mol. The minimum Gasteiger partial charge on any atom is -0.378 e. The van der Waals surface area contributed by atoms with Crippen molar-refractivity contribution >= 4 is 17.6 Å². The standard InChI is InChI=1S/C22H34N6O4/c1-18(2)15-23-22(24-16-19-3-5-20(6-4-19)28(30)31)27-9-7-25(8-10-27)17-21(29)26-11-13-32-14-12-26/h3-6,18H,7-17H2,1-2H3,(H,23,24). The van der Waals surface area contributed by atoms with Crippen molar-refractivity contribution in [1.82, 2.24) is 20.0 Å². The number of nitrogens with zero attached hydrogens (tertiary/aromatic N) is 5. The van der Waals surface area contributed by atoms with Crippen LogP contribution in [0.2, 0.25) is 0 Å². The van der Waals surface area contributed by atoms with E-state index in [1.807, 2.05) is 4.90 Å². The summed E-state index contributed by atoms with van der Waals surface area (Å²) in [5.74, 6) is 1.50. The number of non-ortho nitro benzene ring substituents is 1. The minimum absolute atomic E-state index is 0.0821. The molecule has 3 rings (SSSR count). The first kappa shape index (κ1) is 23.9. The van der Waals surface area contributed by atoms with Gasteiger partial charge in [-0.05, 0) is 11.5 Å². The zero-order chi connectivity index (χ0) is 22.9. The third-order valence-corrected chi connectivity index (χ3v) is 5.62. The summed E-state index contributed by atoms with van der Waals surface area (Å²) in [7, 11) is 0. The van der Waals surface area contributed by atoms with Gasteiger partial charge in [0.1, 0.15) is 0 Å². The van der Waals surface area contributed by atoms with Crippen molar-refractivity contribution in [2.75, 3.05) is 65.6 Å². The predicted octanol–water partition coefficient (Wildman–Crippen LogP) is 1.17. The van der Waals surface area contributed by atoms with E-state index >= 15 is 0 Å². The van der Waals surface area contributed by atoms with Crippen LogP contribution in [0, 0.1) is 16.0 Å². The number of carbonyl (C=O) groups excluding carboxylic acids is 1. The summed E-state index contributed by atoms with van der Waals surface area (Å²) in [5, 5.41) is 14.3. The molecule has 0 unspecified atom stereocenters. The number of rotatable bonds is 7. The number of carbonyl (C=O) groups is 1. The number of ether oxygens (including phenoxy) is 1. The summed E-state index contributed by atoms with van der Waals surface area (Å²) < 4.78 is 5.33. The molecule has 10 nitrogen and oxygen atoms in total. The van der Waals surface area contributed by atoms with Gasteiger partial charge in [0.05, 0.1) is 31.2 Å². The zero-order valence-corrected chi connectivity index (χ0v) is 19.0. The number of nitrogens with one attached hydrogen (secondary N) is 1. The fraction of sp³-hybridized carbons (Fsp3) is 0.636. The van der Waals surface area contributed by atoms with E-state index in [9.17, 15) is 14.9 Å². The van der Waals surface area contributed by atoms with Crippen molar-refractivity contribution in [2.24, 2.45) is 10.9 Å². The number of morpholine rings is 1. The number of nitro groups is 1. The molecule has 1 aromatic rings. The molecule has 0 atom stereocenters. The van der Waals surface area contributed by atoms with E-state index in [0.717, 1.165) is 44.2 Å². The first-order valence-electron chi connectivity index (χ1n) is 11.3. The predicted molar refractivity (Wildman–Crippen MR) is 122 cm³/mol. The first-order valence-corrected chi connectivity index (χ1v) is 11.3. The fourth-order valence-electron chi connectivity index (χ4n) is 3.67. The highest BCUT2D eigenvalue weighted by molar-refractivity contribution is 5.80. The van der Waals surface area contributed by atoms with Crippen LogP contribution in [0.1, 0.15) is 19.4 Å². The van der Waals surface area contributed by atoms with Crippen LogP contribution in [0.5, 0.6) is 0 Å². The Kier molecular flexibility index (Phi) is 8.81. The maximum absolute atomic E-state index is 12.5. The molecule has 2 saturated heterocycles. The second-order valence-corrected chi connectivity index (χ2v) is 8.59. The van der Waals surface area contributed by atoms with Crippen LogP contribution < -0.4 is 5.32 Å². The van der Waals surface area contributed by atoms with Crippen LogP contribution in [-0.2, 0) is 16.1 Å². The molecular formula is C22H34N6O4. The first-order chi connectivity index (χ1) is 15.4. The Labute approximate surface area is 189 Å². The Bertz CT molecular complexity index is 784. The smallest absolute Gasteiger partial charge is 0.269 e. The van der Waals surface area contributed by atoms with Gasteiger partial charge in [0.15, 0.2) is 5.96 Å². The van der Waals surface area contributed by atoms with Gasteiger partial charge in [-0.3, -0.25) is 19.8 Å². The maximum atomic E-state index is 12.5. The Morgan fingerprint density at radius 2 is 1.75 bits per heavy atom. The highest BCUT2D eigenvalue weighted by Gasteiger charge is 2.24. The molecule has 0 aliphatic carbocycles. The molecule has 1 N–H and O–H groups in total. The fourth-order valence-corrected chi connectivity index (χ4v) is 3.67. The maximum Gasteiger partial charge on any atom is 0.269 e. The quantitative estimate of drug-likeness (QED) is 0.290. The average Bonchev–Trinajstić information content (AvgIpc) is 2.80. The number of amides is 1. The highest BCUT2D eigenvalue weighted by atomic mass is 16.6. The van der Waals surface area contributed by atoms with Crippen LogP contribution in [0.15, 0.2) is 29.3 Å². The van der Waals surface area contributed by atoms with E-state index in [0.29, 0.717) is 45.3 Å². The topological polar surface area (TPSA) is 104 Å². The van der Waals surface area contributed by atoms with Crippen molar-refractivity contribution in [2.45, 2.75) is 20.4 Å². The third kappa shape index (κ3) is 7.16. The number of benzene rings is 1. The molecule has 2 aliphatic heterocycles. The molecule has 10 heteroatoms. The van der Waals surface area contributed by atoms with Gasteiger partial charge < -0.3 is 19.9 Å². The lowest BCUT2D eigenvalue weighted by atomic mass is 10.2. The molecule has 2 aliphatic rings. The number of hydrogen-bond donors (Lipinski definition) is 1. The van der Waals surface area contributed by atoms with Crippen molar-refractivity contribution in [3.05, 3.63) is 39.9 Å². The molecule has 0 spiro atoms. The summed E-state index contributed by atoms with van der Waals surface area (Å²) in [5.41, 5.74) is 1.01. The summed E-state index contributed by atoms with van der Waals surface area (Å²) in [6.07, 6.45) is 0. The second kappa shape index (κ2) is 11.8. The Morgan fingerprint density at radius 1 is 1.09 bits per heavy atom. The molecule has 0 bridgehead atoms. The van der Waals surface area contributed by atoms with E-state index < -0.39 is 4.92 Å². The van der Waals surface area contributed by atoms with Gasteiger partial charge in [-0.15, -0.1) is 0 Å². The molecular weight excluding hydrogens is 412 g/mol. The molecule has 0 aromatic heterocycles. The van der Waals surface area contributed by atoms with Crippen molar-refractivity contribution in [3.63, 3.8) is 0 Å². The van der Waals surface area contributed by atoms with Gasteiger partial charge in [0.25, 0.3) is 5.69 Å². The third-order valence-electron chi connectivity index (χ3n) is 5.62. The van der Waals surface area contributed by atoms with Crippen LogP contribution >= 0.6 is 0 Å². The van der Waals surface area contributed by atoms with Gasteiger partial charge in [0.2, 0.25) is 5.91 Å². The van der Waals surface area contributed by atoms with E-state index in [4.69, 9.17) is 9.73 Å². The number of piperazine rings is 1. The lowest BCUT2D eigenvalue weighted by Gasteiger charge is -2.37. The van der Waals surface area contributed by atoms with Crippen LogP contribution in [0.4, 0.5) is 5.69 Å². The van der Waals surface area contributed by atoms with Crippen molar-refractivity contribution in [3.8, 4) is 0 Å². The lowest BCUT2D eigenvalue weighted by molar-refractivity contribution is -0.384. The lowest BCUT2D eigenvalue weighted by Crippen LogP contribution is -2.55. The number of hydrogen-bond acceptors (Lipinski definition) is 6. The van der Waals surface area contributed by atoms with Crippen LogP contribution in [-0.4, -0.2) is 97.1 Å².